The van der Waals surface area contributed by atoms with Crippen molar-refractivity contribution in [3.63, 3.8) is 0 Å². The van der Waals surface area contributed by atoms with Crippen molar-refractivity contribution in [3.8, 4) is 17.0 Å². The summed E-state index contributed by atoms with van der Waals surface area (Å²) in [5, 5.41) is 8.51. The fourth-order valence-corrected chi connectivity index (χ4v) is 2.48. The minimum atomic E-state index is -4.72. The summed E-state index contributed by atoms with van der Waals surface area (Å²) in [5.41, 5.74) is -0.936. The predicted molar refractivity (Wildman–Crippen MR) is 96.0 cm³/mol. The van der Waals surface area contributed by atoms with Gasteiger partial charge >= 0.3 is 6.18 Å². The van der Waals surface area contributed by atoms with Crippen molar-refractivity contribution in [2.75, 3.05) is 7.11 Å². The standard InChI is InChI=1S/C17H17F4N3O3S/c1-10(4-5-11(2)28(22,25)26)24-14(9-16(23-24)17(19,20)21)12-6-7-15(27-3)13(18)8-12/h4-9H,1-3H3,(H2,22,25,26)/b10-4+,11-5+. The molecule has 0 fully saturated rings. The van der Waals surface area contributed by atoms with E-state index in [-0.39, 0.29) is 27.6 Å². The van der Waals surface area contributed by atoms with Crippen LogP contribution in [0.15, 0.2) is 41.3 Å². The summed E-state index contributed by atoms with van der Waals surface area (Å²) in [5.74, 6) is -0.822. The fourth-order valence-electron chi connectivity index (χ4n) is 2.22. The minimum Gasteiger partial charge on any atom is -0.494 e. The van der Waals surface area contributed by atoms with Gasteiger partial charge in [0.15, 0.2) is 17.3 Å². The van der Waals surface area contributed by atoms with Crippen LogP contribution in [0, 0.1) is 5.82 Å². The Morgan fingerprint density at radius 1 is 1.21 bits per heavy atom. The first-order valence-corrected chi connectivity index (χ1v) is 9.28. The number of aromatic nitrogens is 2. The fraction of sp³-hybridized carbons (Fsp3) is 0.235. The largest absolute Gasteiger partial charge is 0.494 e. The van der Waals surface area contributed by atoms with E-state index in [0.29, 0.717) is 0 Å². The number of nitrogens with zero attached hydrogens (tertiary/aromatic N) is 2. The molecule has 11 heteroatoms. The highest BCUT2D eigenvalue weighted by Crippen LogP contribution is 2.34. The van der Waals surface area contributed by atoms with Gasteiger partial charge < -0.3 is 4.74 Å². The van der Waals surface area contributed by atoms with E-state index >= 15 is 0 Å². The number of ether oxygens (including phenoxy) is 1. The molecule has 0 spiro atoms. The van der Waals surface area contributed by atoms with Crippen LogP contribution in [0.25, 0.3) is 17.0 Å². The number of halogens is 4. The molecule has 0 aliphatic heterocycles. The topological polar surface area (TPSA) is 87.2 Å². The van der Waals surface area contributed by atoms with Gasteiger partial charge in [0.1, 0.15) is 0 Å². The van der Waals surface area contributed by atoms with E-state index in [0.717, 1.165) is 22.9 Å². The number of rotatable bonds is 5. The molecule has 2 aromatic rings. The Hall–Kier alpha value is -2.66. The van der Waals surface area contributed by atoms with Crippen molar-refractivity contribution in [3.05, 3.63) is 52.8 Å². The van der Waals surface area contributed by atoms with Gasteiger partial charge in [-0.3, -0.25) is 0 Å². The van der Waals surface area contributed by atoms with Gasteiger partial charge in [0.05, 0.1) is 17.7 Å². The lowest BCUT2D eigenvalue weighted by Gasteiger charge is -2.09. The summed E-state index contributed by atoms with van der Waals surface area (Å²) in [6, 6.07) is 4.45. The van der Waals surface area contributed by atoms with Crippen LogP contribution < -0.4 is 9.88 Å². The highest BCUT2D eigenvalue weighted by molar-refractivity contribution is 7.93. The number of primary sulfonamides is 1. The lowest BCUT2D eigenvalue weighted by molar-refractivity contribution is -0.141. The number of hydrogen-bond acceptors (Lipinski definition) is 4. The molecule has 0 amide bonds. The molecule has 0 radical (unpaired) electrons. The molecular weight excluding hydrogens is 402 g/mol. The molecular formula is C17H17F4N3O3S. The van der Waals surface area contributed by atoms with Crippen LogP contribution in [0.4, 0.5) is 17.6 Å². The third-order valence-corrected chi connectivity index (χ3v) is 4.82. The Bertz CT molecular complexity index is 1050. The number of hydrogen-bond donors (Lipinski definition) is 1. The summed E-state index contributed by atoms with van der Waals surface area (Å²) in [7, 11) is -2.67. The summed E-state index contributed by atoms with van der Waals surface area (Å²) >= 11 is 0. The minimum absolute atomic E-state index is 0.0377. The maximum atomic E-state index is 14.0. The average molecular weight is 419 g/mol. The van der Waals surface area contributed by atoms with Crippen molar-refractivity contribution < 1.29 is 30.7 Å². The van der Waals surface area contributed by atoms with Crippen molar-refractivity contribution in [2.24, 2.45) is 5.14 Å². The second-order valence-corrected chi connectivity index (χ2v) is 7.54. The van der Waals surface area contributed by atoms with Crippen molar-refractivity contribution in [2.45, 2.75) is 20.0 Å². The molecule has 6 nitrogen and oxygen atoms in total. The highest BCUT2D eigenvalue weighted by Gasteiger charge is 2.35. The molecule has 0 unspecified atom stereocenters. The molecule has 152 valence electrons. The number of benzene rings is 1. The summed E-state index contributed by atoms with van der Waals surface area (Å²) in [6.45, 7) is 2.66. The number of methoxy groups -OCH3 is 1. The number of alkyl halides is 3. The van der Waals surface area contributed by atoms with Crippen LogP contribution in [0.5, 0.6) is 5.75 Å². The zero-order valence-electron chi connectivity index (χ0n) is 15.1. The molecule has 2 N–H and O–H groups in total. The number of nitrogens with two attached hydrogens (primary N) is 1. The van der Waals surface area contributed by atoms with Gasteiger partial charge in [0, 0.05) is 11.3 Å². The maximum Gasteiger partial charge on any atom is 0.435 e. The van der Waals surface area contributed by atoms with Gasteiger partial charge in [-0.15, -0.1) is 0 Å². The molecule has 0 saturated heterocycles. The monoisotopic (exact) mass is 419 g/mol. The van der Waals surface area contributed by atoms with Crippen molar-refractivity contribution in [1.82, 2.24) is 9.78 Å². The molecule has 1 aromatic heterocycles. The van der Waals surface area contributed by atoms with Crippen LogP contribution in [0.1, 0.15) is 19.5 Å². The Labute approximate surface area is 159 Å². The first kappa shape index (κ1) is 21.6. The molecule has 1 heterocycles. The summed E-state index contributed by atoms with van der Waals surface area (Å²) in [4.78, 5) is -0.188. The van der Waals surface area contributed by atoms with Crippen LogP contribution in [0.2, 0.25) is 0 Å². The van der Waals surface area contributed by atoms with E-state index in [1.54, 1.807) is 0 Å². The Kier molecular flexibility index (Phi) is 6.00. The zero-order chi connectivity index (χ0) is 21.3. The first-order valence-electron chi connectivity index (χ1n) is 7.74. The average Bonchev–Trinajstić information content (AvgIpc) is 3.04. The normalized spacial score (nSPS) is 13.7. The van der Waals surface area contributed by atoms with Crippen molar-refractivity contribution >= 4 is 15.7 Å². The second kappa shape index (κ2) is 7.76. The summed E-state index contributed by atoms with van der Waals surface area (Å²) in [6.07, 6.45) is -2.34. The Morgan fingerprint density at radius 3 is 2.36 bits per heavy atom. The molecule has 0 saturated carbocycles. The lowest BCUT2D eigenvalue weighted by Crippen LogP contribution is -2.12. The zero-order valence-corrected chi connectivity index (χ0v) is 15.9. The number of allylic oxidation sites excluding steroid dienone is 4. The molecule has 0 bridgehead atoms. The molecule has 28 heavy (non-hydrogen) atoms. The SMILES string of the molecule is COc1ccc(-c2cc(C(F)(F)F)nn2/C(C)=C/C=C(\C)S(N)(=O)=O)cc1F. The molecule has 0 aliphatic carbocycles. The molecule has 0 atom stereocenters. The molecule has 2 rings (SSSR count). The molecule has 1 aromatic carbocycles. The maximum absolute atomic E-state index is 14.0. The van der Waals surface area contributed by atoms with Gasteiger partial charge in [0.25, 0.3) is 0 Å². The lowest BCUT2D eigenvalue weighted by atomic mass is 10.1. The third-order valence-electron chi connectivity index (χ3n) is 3.79. The van der Waals surface area contributed by atoms with Gasteiger partial charge in [-0.1, -0.05) is 0 Å². The Morgan fingerprint density at radius 2 is 1.86 bits per heavy atom. The first-order chi connectivity index (χ1) is 12.8. The highest BCUT2D eigenvalue weighted by atomic mass is 32.2. The van der Waals surface area contributed by atoms with E-state index in [9.17, 15) is 26.0 Å². The van der Waals surface area contributed by atoms with Crippen LogP contribution in [-0.4, -0.2) is 25.3 Å². The third kappa shape index (κ3) is 4.78. The van der Waals surface area contributed by atoms with Crippen molar-refractivity contribution in [1.29, 1.82) is 0 Å². The van der Waals surface area contributed by atoms with Gasteiger partial charge in [-0.2, -0.15) is 18.3 Å². The van der Waals surface area contributed by atoms with E-state index < -0.39 is 27.7 Å². The van der Waals surface area contributed by atoms with Crippen LogP contribution >= 0.6 is 0 Å². The van der Waals surface area contributed by atoms with Gasteiger partial charge in [0.2, 0.25) is 10.0 Å². The van der Waals surface area contributed by atoms with Gasteiger partial charge in [-0.05, 0) is 50.3 Å². The molecule has 0 aliphatic rings. The van der Waals surface area contributed by atoms with E-state index in [2.05, 4.69) is 5.10 Å². The van der Waals surface area contributed by atoms with E-state index in [1.807, 2.05) is 0 Å². The quantitative estimate of drug-likeness (QED) is 0.590. The predicted octanol–water partition coefficient (Wildman–Crippen LogP) is 3.77. The van der Waals surface area contributed by atoms with Crippen LogP contribution in [0.3, 0.4) is 0 Å². The summed E-state index contributed by atoms with van der Waals surface area (Å²) < 4.78 is 81.7. The van der Waals surface area contributed by atoms with Crippen LogP contribution in [-0.2, 0) is 16.2 Å². The second-order valence-electron chi connectivity index (χ2n) is 5.80. The smallest absolute Gasteiger partial charge is 0.435 e. The van der Waals surface area contributed by atoms with E-state index in [4.69, 9.17) is 9.88 Å². The van der Waals surface area contributed by atoms with E-state index in [1.165, 1.54) is 39.2 Å². The Balaban J connectivity index is 2.63. The number of sulfonamides is 1. The van der Waals surface area contributed by atoms with Gasteiger partial charge in [-0.25, -0.2) is 22.6 Å².